The third kappa shape index (κ3) is 3.43. The molecule has 0 aliphatic carbocycles. The van der Waals surface area contributed by atoms with E-state index in [-0.39, 0.29) is 28.5 Å². The maximum Gasteiger partial charge on any atom is 0.317 e. The first-order chi connectivity index (χ1) is 8.45. The average Bonchev–Trinajstić information content (AvgIpc) is 2.31. The van der Waals surface area contributed by atoms with Crippen molar-refractivity contribution in [1.82, 2.24) is 4.98 Å². The fourth-order valence-corrected chi connectivity index (χ4v) is 1.35. The van der Waals surface area contributed by atoms with E-state index < -0.39 is 10.9 Å². The van der Waals surface area contributed by atoms with Gasteiger partial charge < -0.3 is 4.74 Å². The number of methoxy groups -OCH3 is 1. The van der Waals surface area contributed by atoms with Crippen LogP contribution in [0.15, 0.2) is 6.07 Å². The van der Waals surface area contributed by atoms with Crippen LogP contribution in [0.25, 0.3) is 0 Å². The zero-order chi connectivity index (χ0) is 13.7. The number of pyridine rings is 1. The highest BCUT2D eigenvalue weighted by molar-refractivity contribution is 6.30. The number of nitro groups is 1. The number of hydrogen-bond donors (Lipinski definition) is 0. The van der Waals surface area contributed by atoms with Crippen molar-refractivity contribution in [3.8, 4) is 11.8 Å². The Bertz CT molecular complexity index is 560. The van der Waals surface area contributed by atoms with Crippen molar-refractivity contribution in [2.24, 2.45) is 0 Å². The van der Waals surface area contributed by atoms with E-state index in [4.69, 9.17) is 11.6 Å². The molecule has 0 unspecified atom stereocenters. The van der Waals surface area contributed by atoms with Crippen LogP contribution in [0.3, 0.4) is 0 Å². The first kappa shape index (κ1) is 13.9. The van der Waals surface area contributed by atoms with Crippen LogP contribution in [-0.2, 0) is 9.53 Å². The SMILES string of the molecule is COC(=O)CC#Cc1cc([N+](=O)[O-])c(C)nc1Cl. The summed E-state index contributed by atoms with van der Waals surface area (Å²) >= 11 is 5.80. The number of aryl methyl sites for hydroxylation is 1. The van der Waals surface area contributed by atoms with Crippen LogP contribution in [0, 0.1) is 28.9 Å². The summed E-state index contributed by atoms with van der Waals surface area (Å²) in [5, 5.41) is 10.8. The quantitative estimate of drug-likeness (QED) is 0.269. The number of rotatable bonds is 2. The Morgan fingerprint density at radius 2 is 2.33 bits per heavy atom. The lowest BCUT2D eigenvalue weighted by Gasteiger charge is -1.99. The van der Waals surface area contributed by atoms with Crippen LogP contribution in [0.5, 0.6) is 0 Å². The van der Waals surface area contributed by atoms with Gasteiger partial charge in [-0.2, -0.15) is 0 Å². The molecule has 1 heterocycles. The number of carbonyl (C=O) groups excluding carboxylic acids is 1. The number of carbonyl (C=O) groups is 1. The second kappa shape index (κ2) is 5.98. The Labute approximate surface area is 108 Å². The molecule has 0 fully saturated rings. The number of hydrogen-bond acceptors (Lipinski definition) is 5. The van der Waals surface area contributed by atoms with Crippen LogP contribution in [0.1, 0.15) is 17.7 Å². The van der Waals surface area contributed by atoms with Gasteiger partial charge in [-0.3, -0.25) is 14.9 Å². The predicted octanol–water partition coefficient (Wildman–Crippen LogP) is 1.87. The summed E-state index contributed by atoms with van der Waals surface area (Å²) in [6, 6.07) is 1.23. The Morgan fingerprint density at radius 1 is 1.67 bits per heavy atom. The molecule has 1 rings (SSSR count). The summed E-state index contributed by atoms with van der Waals surface area (Å²) in [6.07, 6.45) is -0.117. The van der Waals surface area contributed by atoms with Gasteiger partial charge in [0.15, 0.2) is 0 Å². The van der Waals surface area contributed by atoms with Gasteiger partial charge in [0.1, 0.15) is 17.3 Å². The molecule has 94 valence electrons. The molecule has 0 aliphatic heterocycles. The van der Waals surface area contributed by atoms with Gasteiger partial charge in [-0.25, -0.2) is 4.98 Å². The standard InChI is InChI=1S/C11H9ClN2O4/c1-7-9(14(16)17)6-8(11(12)13-7)4-3-5-10(15)18-2/h6H,5H2,1-2H3. The minimum atomic E-state index is -0.565. The van der Waals surface area contributed by atoms with Crippen LogP contribution < -0.4 is 0 Å². The zero-order valence-electron chi connectivity index (χ0n) is 9.69. The number of nitrogens with zero attached hydrogens (tertiary/aromatic N) is 2. The first-order valence-corrected chi connectivity index (χ1v) is 5.20. The van der Waals surface area contributed by atoms with Gasteiger partial charge in [-0.1, -0.05) is 23.4 Å². The number of ether oxygens (including phenoxy) is 1. The number of aromatic nitrogens is 1. The van der Waals surface area contributed by atoms with Gasteiger partial charge in [-0.15, -0.1) is 0 Å². The number of esters is 1. The Morgan fingerprint density at radius 3 is 2.89 bits per heavy atom. The van der Waals surface area contributed by atoms with E-state index in [0.717, 1.165) is 0 Å². The summed E-state index contributed by atoms with van der Waals surface area (Å²) in [6.45, 7) is 1.48. The van der Waals surface area contributed by atoms with E-state index in [1.807, 2.05) is 0 Å². The smallest absolute Gasteiger partial charge is 0.317 e. The molecule has 0 N–H and O–H groups in total. The van der Waals surface area contributed by atoms with Crippen molar-refractivity contribution in [1.29, 1.82) is 0 Å². The van der Waals surface area contributed by atoms with Crippen molar-refractivity contribution in [3.05, 3.63) is 32.6 Å². The van der Waals surface area contributed by atoms with Gasteiger partial charge in [0.25, 0.3) is 5.69 Å². The zero-order valence-corrected chi connectivity index (χ0v) is 10.4. The molecule has 0 amide bonds. The van der Waals surface area contributed by atoms with Crippen LogP contribution in [0.4, 0.5) is 5.69 Å². The van der Waals surface area contributed by atoms with E-state index in [1.165, 1.54) is 20.1 Å². The average molecular weight is 269 g/mol. The Hall–Kier alpha value is -2.13. The highest BCUT2D eigenvalue weighted by Gasteiger charge is 2.15. The van der Waals surface area contributed by atoms with E-state index >= 15 is 0 Å². The lowest BCUT2D eigenvalue weighted by Crippen LogP contribution is -1.98. The fraction of sp³-hybridized carbons (Fsp3) is 0.273. The molecule has 0 saturated carbocycles. The summed E-state index contributed by atoms with van der Waals surface area (Å²) in [5.41, 5.74) is 0.253. The monoisotopic (exact) mass is 268 g/mol. The predicted molar refractivity (Wildman–Crippen MR) is 64.1 cm³/mol. The third-order valence-electron chi connectivity index (χ3n) is 2.02. The molecule has 1 aromatic heterocycles. The lowest BCUT2D eigenvalue weighted by molar-refractivity contribution is -0.385. The molecule has 6 nitrogen and oxygen atoms in total. The van der Waals surface area contributed by atoms with Crippen molar-refractivity contribution in [2.75, 3.05) is 7.11 Å². The molecule has 0 atom stereocenters. The van der Waals surface area contributed by atoms with Gasteiger partial charge in [0.2, 0.25) is 0 Å². The summed E-state index contributed by atoms with van der Waals surface area (Å²) in [4.78, 5) is 24.8. The summed E-state index contributed by atoms with van der Waals surface area (Å²) < 4.78 is 4.40. The molecule has 18 heavy (non-hydrogen) atoms. The van der Waals surface area contributed by atoms with Crippen LogP contribution in [0.2, 0.25) is 5.15 Å². The van der Waals surface area contributed by atoms with Crippen LogP contribution in [-0.4, -0.2) is 23.0 Å². The molecule has 0 radical (unpaired) electrons. The maximum atomic E-state index is 10.8. The normalized spacial score (nSPS) is 9.28. The highest BCUT2D eigenvalue weighted by atomic mass is 35.5. The molecule has 7 heteroatoms. The van der Waals surface area contributed by atoms with Gasteiger partial charge in [-0.05, 0) is 6.92 Å². The van der Waals surface area contributed by atoms with Gasteiger partial charge in [0.05, 0.1) is 17.6 Å². The minimum Gasteiger partial charge on any atom is -0.468 e. The Balaban J connectivity index is 3.06. The molecular formula is C11H9ClN2O4. The second-order valence-corrected chi connectivity index (χ2v) is 3.60. The van der Waals surface area contributed by atoms with E-state index in [2.05, 4.69) is 21.6 Å². The topological polar surface area (TPSA) is 82.3 Å². The maximum absolute atomic E-state index is 10.8. The Kier molecular flexibility index (Phi) is 4.63. The summed E-state index contributed by atoms with van der Waals surface area (Å²) in [5.74, 6) is 4.57. The van der Waals surface area contributed by atoms with Crippen molar-refractivity contribution in [3.63, 3.8) is 0 Å². The minimum absolute atomic E-state index is 0.0652. The van der Waals surface area contributed by atoms with Crippen molar-refractivity contribution in [2.45, 2.75) is 13.3 Å². The summed E-state index contributed by atoms with van der Waals surface area (Å²) in [7, 11) is 1.25. The molecule has 1 aromatic rings. The fourth-order valence-electron chi connectivity index (χ4n) is 1.12. The van der Waals surface area contributed by atoms with Gasteiger partial charge >= 0.3 is 5.97 Å². The lowest BCUT2D eigenvalue weighted by atomic mass is 10.2. The first-order valence-electron chi connectivity index (χ1n) is 4.83. The molecule has 0 aromatic carbocycles. The van der Waals surface area contributed by atoms with E-state index in [9.17, 15) is 14.9 Å². The number of halogens is 1. The molecule has 0 aliphatic rings. The van der Waals surface area contributed by atoms with Crippen molar-refractivity contribution < 1.29 is 14.5 Å². The van der Waals surface area contributed by atoms with E-state index in [0.29, 0.717) is 0 Å². The van der Waals surface area contributed by atoms with Gasteiger partial charge in [0, 0.05) is 6.07 Å². The molecule has 0 spiro atoms. The second-order valence-electron chi connectivity index (χ2n) is 3.24. The largest absolute Gasteiger partial charge is 0.468 e. The van der Waals surface area contributed by atoms with E-state index in [1.54, 1.807) is 0 Å². The van der Waals surface area contributed by atoms with Crippen LogP contribution >= 0.6 is 11.6 Å². The third-order valence-corrected chi connectivity index (χ3v) is 2.31. The van der Waals surface area contributed by atoms with Crippen molar-refractivity contribution >= 4 is 23.3 Å². The highest BCUT2D eigenvalue weighted by Crippen LogP contribution is 2.22. The molecule has 0 bridgehead atoms. The molecule has 0 saturated heterocycles. The molecular weight excluding hydrogens is 260 g/mol.